The lowest BCUT2D eigenvalue weighted by molar-refractivity contribution is -0.385. The number of nitro benzene ring substituents is 1. The molecule has 2 rings (SSSR count). The lowest BCUT2D eigenvalue weighted by Crippen LogP contribution is -2.30. The molecule has 2 aromatic rings. The summed E-state index contributed by atoms with van der Waals surface area (Å²) >= 11 is 0. The first kappa shape index (κ1) is 19.4. The van der Waals surface area contributed by atoms with E-state index in [1.807, 2.05) is 13.8 Å². The summed E-state index contributed by atoms with van der Waals surface area (Å²) in [5, 5.41) is 10.8. The molecule has 0 saturated carbocycles. The Morgan fingerprint density at radius 2 is 1.73 bits per heavy atom. The van der Waals surface area contributed by atoms with Crippen LogP contribution >= 0.6 is 0 Å². The molecule has 0 atom stereocenters. The van der Waals surface area contributed by atoms with Crippen LogP contribution in [-0.2, 0) is 10.0 Å². The fourth-order valence-electron chi connectivity index (χ4n) is 2.35. The first-order valence-corrected chi connectivity index (χ1v) is 9.43. The van der Waals surface area contributed by atoms with Crippen LogP contribution in [0.3, 0.4) is 0 Å². The minimum absolute atomic E-state index is 0.136. The standard InChI is InChI=1S/C17H19N3O5S/c1-3-19(4-2)17(21)13-8-10-14(11-9-13)18-26(24,25)16-7-5-6-15(12-16)20(22)23/h5-12,18H,3-4H2,1-2H3. The molecule has 0 aliphatic carbocycles. The number of nitrogens with zero attached hydrogens (tertiary/aromatic N) is 2. The Labute approximate surface area is 151 Å². The van der Waals surface area contributed by atoms with Crippen LogP contribution in [0.5, 0.6) is 0 Å². The van der Waals surface area contributed by atoms with E-state index < -0.39 is 14.9 Å². The largest absolute Gasteiger partial charge is 0.339 e. The van der Waals surface area contributed by atoms with Crippen LogP contribution in [0.25, 0.3) is 0 Å². The summed E-state index contributed by atoms with van der Waals surface area (Å²) in [6.07, 6.45) is 0. The van der Waals surface area contributed by atoms with Crippen molar-refractivity contribution in [3.63, 3.8) is 0 Å². The summed E-state index contributed by atoms with van der Waals surface area (Å²) in [4.78, 5) is 23.8. The van der Waals surface area contributed by atoms with E-state index in [0.29, 0.717) is 18.7 Å². The summed E-state index contributed by atoms with van der Waals surface area (Å²) in [6.45, 7) is 4.92. The van der Waals surface area contributed by atoms with Gasteiger partial charge in [-0.2, -0.15) is 0 Å². The molecule has 26 heavy (non-hydrogen) atoms. The van der Waals surface area contributed by atoms with Crippen LogP contribution in [0, 0.1) is 10.1 Å². The number of hydrogen-bond donors (Lipinski definition) is 1. The van der Waals surface area contributed by atoms with Crippen LogP contribution in [0.15, 0.2) is 53.4 Å². The lowest BCUT2D eigenvalue weighted by Gasteiger charge is -2.18. The van der Waals surface area contributed by atoms with Crippen molar-refractivity contribution in [3.05, 3.63) is 64.2 Å². The Bertz CT molecular complexity index is 906. The zero-order valence-corrected chi connectivity index (χ0v) is 15.2. The second-order valence-electron chi connectivity index (χ2n) is 5.41. The van der Waals surface area contributed by atoms with Crippen molar-refractivity contribution in [2.75, 3.05) is 17.8 Å². The van der Waals surface area contributed by atoms with Crippen molar-refractivity contribution in [2.24, 2.45) is 0 Å². The molecule has 0 heterocycles. The van der Waals surface area contributed by atoms with E-state index in [1.54, 1.807) is 4.90 Å². The van der Waals surface area contributed by atoms with Gasteiger partial charge in [0.05, 0.1) is 9.82 Å². The number of carbonyl (C=O) groups excluding carboxylic acids is 1. The molecular formula is C17H19N3O5S. The summed E-state index contributed by atoms with van der Waals surface area (Å²) in [7, 11) is -3.98. The third kappa shape index (κ3) is 4.37. The fourth-order valence-corrected chi connectivity index (χ4v) is 3.45. The molecular weight excluding hydrogens is 358 g/mol. The molecule has 0 aromatic heterocycles. The number of nitrogens with one attached hydrogen (secondary N) is 1. The number of carbonyl (C=O) groups is 1. The Hall–Kier alpha value is -2.94. The predicted molar refractivity (Wildman–Crippen MR) is 97.6 cm³/mol. The molecule has 8 nitrogen and oxygen atoms in total. The number of nitro groups is 1. The zero-order chi connectivity index (χ0) is 19.3. The molecule has 0 fully saturated rings. The fraction of sp³-hybridized carbons (Fsp3) is 0.235. The van der Waals surface area contributed by atoms with Crippen molar-refractivity contribution in [1.29, 1.82) is 0 Å². The van der Waals surface area contributed by atoms with Crippen molar-refractivity contribution in [3.8, 4) is 0 Å². The highest BCUT2D eigenvalue weighted by atomic mass is 32.2. The van der Waals surface area contributed by atoms with Gasteiger partial charge in [-0.3, -0.25) is 19.6 Å². The minimum atomic E-state index is -3.98. The molecule has 1 amide bonds. The van der Waals surface area contributed by atoms with Crippen molar-refractivity contribution < 1.29 is 18.1 Å². The van der Waals surface area contributed by atoms with E-state index in [2.05, 4.69) is 4.72 Å². The second kappa shape index (κ2) is 7.96. The lowest BCUT2D eigenvalue weighted by atomic mass is 10.2. The van der Waals surface area contributed by atoms with Crippen LogP contribution in [-0.4, -0.2) is 37.2 Å². The number of sulfonamides is 1. The van der Waals surface area contributed by atoms with E-state index in [4.69, 9.17) is 0 Å². The summed E-state index contributed by atoms with van der Waals surface area (Å²) < 4.78 is 27.1. The average Bonchev–Trinajstić information content (AvgIpc) is 2.63. The SMILES string of the molecule is CCN(CC)C(=O)c1ccc(NS(=O)(=O)c2cccc([N+](=O)[O-])c2)cc1. The van der Waals surface area contributed by atoms with Crippen LogP contribution in [0.4, 0.5) is 11.4 Å². The van der Waals surface area contributed by atoms with Gasteiger partial charge in [0, 0.05) is 36.5 Å². The molecule has 0 bridgehead atoms. The Morgan fingerprint density at radius 3 is 2.27 bits per heavy atom. The quantitative estimate of drug-likeness (QED) is 0.589. The Morgan fingerprint density at radius 1 is 1.12 bits per heavy atom. The highest BCUT2D eigenvalue weighted by Crippen LogP contribution is 2.21. The van der Waals surface area contributed by atoms with Crippen molar-refractivity contribution in [2.45, 2.75) is 18.7 Å². The van der Waals surface area contributed by atoms with Gasteiger partial charge in [0.1, 0.15) is 0 Å². The third-order valence-electron chi connectivity index (χ3n) is 3.77. The number of non-ortho nitro benzene ring substituents is 1. The van der Waals surface area contributed by atoms with E-state index >= 15 is 0 Å². The van der Waals surface area contributed by atoms with Crippen LogP contribution < -0.4 is 4.72 Å². The van der Waals surface area contributed by atoms with E-state index in [1.165, 1.54) is 42.5 Å². The summed E-state index contributed by atoms with van der Waals surface area (Å²) in [5.41, 5.74) is 0.396. The van der Waals surface area contributed by atoms with Crippen LogP contribution in [0.2, 0.25) is 0 Å². The summed E-state index contributed by atoms with van der Waals surface area (Å²) in [6, 6.07) is 10.8. The first-order chi connectivity index (χ1) is 12.3. The van der Waals surface area contributed by atoms with Gasteiger partial charge in [-0.15, -0.1) is 0 Å². The number of benzene rings is 2. The molecule has 0 aliphatic heterocycles. The van der Waals surface area contributed by atoms with Gasteiger partial charge >= 0.3 is 0 Å². The topological polar surface area (TPSA) is 110 Å². The van der Waals surface area contributed by atoms with Gasteiger partial charge in [-0.25, -0.2) is 8.42 Å². The number of amides is 1. The molecule has 0 spiro atoms. The molecule has 0 unspecified atom stereocenters. The van der Waals surface area contributed by atoms with Crippen molar-refractivity contribution >= 4 is 27.3 Å². The van der Waals surface area contributed by atoms with Crippen LogP contribution in [0.1, 0.15) is 24.2 Å². The molecule has 1 N–H and O–H groups in total. The van der Waals surface area contributed by atoms with Gasteiger partial charge in [0.2, 0.25) is 0 Å². The predicted octanol–water partition coefficient (Wildman–Crippen LogP) is 2.88. The molecule has 9 heteroatoms. The average molecular weight is 377 g/mol. The van der Waals surface area contributed by atoms with Gasteiger partial charge in [0.15, 0.2) is 0 Å². The minimum Gasteiger partial charge on any atom is -0.339 e. The number of anilines is 1. The highest BCUT2D eigenvalue weighted by molar-refractivity contribution is 7.92. The molecule has 0 aliphatic rings. The van der Waals surface area contributed by atoms with Crippen molar-refractivity contribution in [1.82, 2.24) is 4.90 Å². The van der Waals surface area contributed by atoms with Gasteiger partial charge < -0.3 is 4.90 Å². The number of hydrogen-bond acceptors (Lipinski definition) is 5. The zero-order valence-electron chi connectivity index (χ0n) is 14.4. The van der Waals surface area contributed by atoms with E-state index in [0.717, 1.165) is 6.07 Å². The maximum absolute atomic E-state index is 12.4. The smallest absolute Gasteiger partial charge is 0.270 e. The molecule has 138 valence electrons. The molecule has 2 aromatic carbocycles. The Balaban J connectivity index is 2.21. The molecule has 0 saturated heterocycles. The molecule has 0 radical (unpaired) electrons. The third-order valence-corrected chi connectivity index (χ3v) is 5.15. The highest BCUT2D eigenvalue weighted by Gasteiger charge is 2.18. The maximum Gasteiger partial charge on any atom is 0.270 e. The summed E-state index contributed by atoms with van der Waals surface area (Å²) in [5.74, 6) is -0.136. The Kier molecular flexibility index (Phi) is 5.93. The monoisotopic (exact) mass is 377 g/mol. The van der Waals surface area contributed by atoms with Gasteiger partial charge in [0.25, 0.3) is 21.6 Å². The number of rotatable bonds is 7. The maximum atomic E-state index is 12.4. The van der Waals surface area contributed by atoms with Gasteiger partial charge in [-0.05, 0) is 44.2 Å². The van der Waals surface area contributed by atoms with E-state index in [-0.39, 0.29) is 22.2 Å². The van der Waals surface area contributed by atoms with Gasteiger partial charge in [-0.1, -0.05) is 6.07 Å². The van der Waals surface area contributed by atoms with E-state index in [9.17, 15) is 23.3 Å². The normalized spacial score (nSPS) is 11.0. The first-order valence-electron chi connectivity index (χ1n) is 7.95. The second-order valence-corrected chi connectivity index (χ2v) is 7.10.